The Morgan fingerprint density at radius 2 is 1.80 bits per heavy atom. The number of amides is 2. The van der Waals surface area contributed by atoms with Crippen LogP contribution in [0, 0.1) is 5.92 Å². The fourth-order valence-electron chi connectivity index (χ4n) is 3.41. The topological polar surface area (TPSA) is 49.4 Å². The van der Waals surface area contributed by atoms with E-state index in [0.29, 0.717) is 12.5 Å². The predicted octanol–water partition coefficient (Wildman–Crippen LogP) is 2.47. The molecular weight excluding hydrogens is 252 g/mol. The maximum Gasteiger partial charge on any atom is 0.249 e. The van der Waals surface area contributed by atoms with Gasteiger partial charge in [0.15, 0.2) is 0 Å². The molecule has 4 nitrogen and oxygen atoms in total. The lowest BCUT2D eigenvalue weighted by molar-refractivity contribution is -0.161. The Morgan fingerprint density at radius 3 is 2.35 bits per heavy atom. The van der Waals surface area contributed by atoms with Crippen molar-refractivity contribution in [3.63, 3.8) is 0 Å². The fourth-order valence-corrected chi connectivity index (χ4v) is 3.41. The van der Waals surface area contributed by atoms with Crippen LogP contribution < -0.4 is 5.32 Å². The molecule has 0 bridgehead atoms. The second-order valence-corrected chi connectivity index (χ2v) is 7.30. The van der Waals surface area contributed by atoms with Gasteiger partial charge in [-0.1, -0.05) is 26.7 Å². The van der Waals surface area contributed by atoms with E-state index < -0.39 is 11.1 Å². The Balaban J connectivity index is 2.16. The second-order valence-electron chi connectivity index (χ2n) is 7.30. The maximum atomic E-state index is 12.9. The molecule has 0 unspecified atom stereocenters. The first-order valence-electron chi connectivity index (χ1n) is 7.94. The van der Waals surface area contributed by atoms with Crippen molar-refractivity contribution in [2.75, 3.05) is 6.54 Å². The van der Waals surface area contributed by atoms with Gasteiger partial charge >= 0.3 is 0 Å². The van der Waals surface area contributed by atoms with Gasteiger partial charge < -0.3 is 10.2 Å². The second kappa shape index (κ2) is 5.38. The molecule has 1 N–H and O–H groups in total. The highest BCUT2D eigenvalue weighted by molar-refractivity contribution is 6.02. The number of carbonyl (C=O) groups is 2. The highest BCUT2D eigenvalue weighted by Gasteiger charge is 2.54. The van der Waals surface area contributed by atoms with Crippen molar-refractivity contribution in [3.8, 4) is 0 Å². The van der Waals surface area contributed by atoms with Crippen LogP contribution >= 0.6 is 0 Å². The molecule has 1 aliphatic carbocycles. The Labute approximate surface area is 122 Å². The Hall–Kier alpha value is -1.06. The number of hydrogen-bond donors (Lipinski definition) is 1. The van der Waals surface area contributed by atoms with E-state index in [1.165, 1.54) is 0 Å². The first kappa shape index (κ1) is 15.3. The summed E-state index contributed by atoms with van der Waals surface area (Å²) in [5, 5.41) is 3.03. The van der Waals surface area contributed by atoms with E-state index >= 15 is 0 Å². The van der Waals surface area contributed by atoms with Crippen LogP contribution in [-0.4, -0.2) is 34.3 Å². The molecule has 1 heterocycles. The number of carbonyl (C=O) groups excluding carboxylic acids is 2. The average Bonchev–Trinajstić information content (AvgIpc) is 2.81. The third-order valence-corrected chi connectivity index (χ3v) is 4.86. The monoisotopic (exact) mass is 280 g/mol. The predicted molar refractivity (Wildman–Crippen MR) is 79.2 cm³/mol. The van der Waals surface area contributed by atoms with Crippen LogP contribution in [-0.2, 0) is 9.59 Å². The minimum Gasteiger partial charge on any atom is -0.340 e. The number of rotatable bonds is 4. The third kappa shape index (κ3) is 2.57. The summed E-state index contributed by atoms with van der Waals surface area (Å²) in [5.74, 6) is 0.777. The summed E-state index contributed by atoms with van der Waals surface area (Å²) in [4.78, 5) is 27.2. The number of nitrogens with zero attached hydrogens (tertiary/aromatic N) is 1. The molecule has 2 amide bonds. The lowest BCUT2D eigenvalue weighted by Gasteiger charge is -2.49. The van der Waals surface area contributed by atoms with Gasteiger partial charge in [-0.15, -0.1) is 0 Å². The average molecular weight is 280 g/mol. The summed E-state index contributed by atoms with van der Waals surface area (Å²) in [7, 11) is 0. The molecule has 0 aromatic heterocycles. The first-order valence-corrected chi connectivity index (χ1v) is 7.94. The molecule has 0 atom stereocenters. The normalized spacial score (nSPS) is 24.6. The number of nitrogens with one attached hydrogen (secondary N) is 1. The van der Waals surface area contributed by atoms with Gasteiger partial charge in [0.25, 0.3) is 0 Å². The third-order valence-electron chi connectivity index (χ3n) is 4.86. The summed E-state index contributed by atoms with van der Waals surface area (Å²) in [5.41, 5.74) is -1.31. The SMILES string of the molecule is CC(C)CCCN1C(=O)C2(CCCC2)NC(=O)C1(C)C. The molecule has 20 heavy (non-hydrogen) atoms. The molecule has 1 spiro atoms. The van der Waals surface area contributed by atoms with E-state index in [0.717, 1.165) is 38.5 Å². The van der Waals surface area contributed by atoms with Crippen LogP contribution in [0.2, 0.25) is 0 Å². The van der Waals surface area contributed by atoms with Gasteiger partial charge in [0, 0.05) is 6.54 Å². The highest BCUT2D eigenvalue weighted by atomic mass is 16.2. The molecule has 0 aromatic rings. The van der Waals surface area contributed by atoms with Gasteiger partial charge in [0.05, 0.1) is 0 Å². The van der Waals surface area contributed by atoms with Crippen molar-refractivity contribution in [1.82, 2.24) is 10.2 Å². The van der Waals surface area contributed by atoms with Gasteiger partial charge in [-0.05, 0) is 45.4 Å². The minimum absolute atomic E-state index is 0.00328. The summed E-state index contributed by atoms with van der Waals surface area (Å²) in [6.07, 6.45) is 5.73. The van der Waals surface area contributed by atoms with Gasteiger partial charge in [0.1, 0.15) is 11.1 Å². The highest BCUT2D eigenvalue weighted by Crippen LogP contribution is 2.37. The lowest BCUT2D eigenvalue weighted by Crippen LogP contribution is -2.73. The van der Waals surface area contributed by atoms with Crippen LogP contribution in [0.4, 0.5) is 0 Å². The molecular formula is C16H28N2O2. The Kier molecular flexibility index (Phi) is 4.12. The Bertz CT molecular complexity index is 395. The van der Waals surface area contributed by atoms with Crippen LogP contribution in [0.1, 0.15) is 66.2 Å². The van der Waals surface area contributed by atoms with E-state index in [9.17, 15) is 9.59 Å². The summed E-state index contributed by atoms with van der Waals surface area (Å²) >= 11 is 0. The van der Waals surface area contributed by atoms with Crippen molar-refractivity contribution in [2.24, 2.45) is 5.92 Å². The fraction of sp³-hybridized carbons (Fsp3) is 0.875. The van der Waals surface area contributed by atoms with Crippen LogP contribution in [0.5, 0.6) is 0 Å². The van der Waals surface area contributed by atoms with Crippen molar-refractivity contribution < 1.29 is 9.59 Å². The Morgan fingerprint density at radius 1 is 1.20 bits per heavy atom. The molecule has 114 valence electrons. The van der Waals surface area contributed by atoms with Crippen LogP contribution in [0.25, 0.3) is 0 Å². The number of piperazine rings is 1. The number of hydrogen-bond acceptors (Lipinski definition) is 2. The molecule has 0 radical (unpaired) electrons. The largest absolute Gasteiger partial charge is 0.340 e. The standard InChI is InChI=1S/C16H28N2O2/c1-12(2)8-7-11-18-14(20)16(9-5-6-10-16)17-13(19)15(18,3)4/h12H,5-11H2,1-4H3,(H,17,19). The van der Waals surface area contributed by atoms with Crippen molar-refractivity contribution in [2.45, 2.75) is 77.3 Å². The zero-order valence-electron chi connectivity index (χ0n) is 13.3. The van der Waals surface area contributed by atoms with E-state index in [1.54, 1.807) is 0 Å². The van der Waals surface area contributed by atoms with Crippen molar-refractivity contribution >= 4 is 11.8 Å². The molecule has 2 aliphatic rings. The van der Waals surface area contributed by atoms with Crippen LogP contribution in [0.3, 0.4) is 0 Å². The van der Waals surface area contributed by atoms with Gasteiger partial charge in [-0.2, -0.15) is 0 Å². The first-order chi connectivity index (χ1) is 9.29. The van der Waals surface area contributed by atoms with Gasteiger partial charge in [-0.25, -0.2) is 0 Å². The molecule has 0 aromatic carbocycles. The maximum absolute atomic E-state index is 12.9. The van der Waals surface area contributed by atoms with E-state index in [2.05, 4.69) is 19.2 Å². The van der Waals surface area contributed by atoms with Gasteiger partial charge in [-0.3, -0.25) is 9.59 Å². The minimum atomic E-state index is -0.720. The van der Waals surface area contributed by atoms with E-state index in [-0.39, 0.29) is 11.8 Å². The smallest absolute Gasteiger partial charge is 0.249 e. The summed E-state index contributed by atoms with van der Waals surface area (Å²) in [6.45, 7) is 8.79. The van der Waals surface area contributed by atoms with Crippen LogP contribution in [0.15, 0.2) is 0 Å². The zero-order chi connectivity index (χ0) is 15.0. The van der Waals surface area contributed by atoms with Crippen molar-refractivity contribution in [3.05, 3.63) is 0 Å². The zero-order valence-corrected chi connectivity index (χ0v) is 13.3. The van der Waals surface area contributed by atoms with Gasteiger partial charge in [0.2, 0.25) is 11.8 Å². The molecule has 1 saturated carbocycles. The lowest BCUT2D eigenvalue weighted by atomic mass is 9.85. The van der Waals surface area contributed by atoms with E-state index in [4.69, 9.17) is 0 Å². The molecule has 2 rings (SSSR count). The quantitative estimate of drug-likeness (QED) is 0.860. The molecule has 4 heteroatoms. The molecule has 1 saturated heterocycles. The van der Waals surface area contributed by atoms with Crippen molar-refractivity contribution in [1.29, 1.82) is 0 Å². The summed E-state index contributed by atoms with van der Waals surface area (Å²) in [6, 6.07) is 0. The summed E-state index contributed by atoms with van der Waals surface area (Å²) < 4.78 is 0. The van der Waals surface area contributed by atoms with E-state index in [1.807, 2.05) is 18.7 Å². The molecule has 2 fully saturated rings. The molecule has 1 aliphatic heterocycles.